The molecule has 1 N–H and O–H groups in total. The largest absolute Gasteiger partial charge is 0.309 e. The number of hydrogen-bond donors (Lipinski definition) is 1. The number of sulfone groups is 1. The molecule has 0 aliphatic carbocycles. The molecule has 0 heterocycles. The molecule has 0 bridgehead atoms. The van der Waals surface area contributed by atoms with Crippen molar-refractivity contribution in [2.75, 3.05) is 18.1 Å². The Morgan fingerprint density at radius 1 is 1.18 bits per heavy atom. The summed E-state index contributed by atoms with van der Waals surface area (Å²) in [4.78, 5) is 0. The molecular weight excluding hydrogens is 234 g/mol. The standard InChI is InChI=1S/C13H21NO2S/c1-3-10-17(15,16)11-13(14-4-2)12-8-6-5-7-9-12/h5-9,13-14H,3-4,10-11H2,1-2H3. The minimum Gasteiger partial charge on any atom is -0.309 e. The van der Waals surface area contributed by atoms with E-state index >= 15 is 0 Å². The molecule has 0 fully saturated rings. The second kappa shape index (κ2) is 6.77. The van der Waals surface area contributed by atoms with E-state index in [0.29, 0.717) is 6.42 Å². The highest BCUT2D eigenvalue weighted by Crippen LogP contribution is 2.15. The van der Waals surface area contributed by atoms with E-state index in [9.17, 15) is 8.42 Å². The van der Waals surface area contributed by atoms with Crippen LogP contribution >= 0.6 is 0 Å². The van der Waals surface area contributed by atoms with E-state index in [4.69, 9.17) is 0 Å². The molecule has 3 nitrogen and oxygen atoms in total. The van der Waals surface area contributed by atoms with Crippen LogP contribution in [0.3, 0.4) is 0 Å². The summed E-state index contributed by atoms with van der Waals surface area (Å²) in [6.45, 7) is 4.64. The zero-order chi connectivity index (χ0) is 12.7. The highest BCUT2D eigenvalue weighted by Gasteiger charge is 2.18. The molecule has 96 valence electrons. The zero-order valence-electron chi connectivity index (χ0n) is 10.5. The summed E-state index contributed by atoms with van der Waals surface area (Å²) in [5.41, 5.74) is 1.04. The van der Waals surface area contributed by atoms with Crippen LogP contribution in [0, 0.1) is 0 Å². The van der Waals surface area contributed by atoms with Gasteiger partial charge in [-0.2, -0.15) is 0 Å². The molecule has 1 aromatic carbocycles. The maximum absolute atomic E-state index is 11.8. The van der Waals surface area contributed by atoms with Crippen LogP contribution in [0.1, 0.15) is 31.9 Å². The second-order valence-electron chi connectivity index (χ2n) is 4.14. The van der Waals surface area contributed by atoms with E-state index in [1.54, 1.807) is 0 Å². The van der Waals surface area contributed by atoms with E-state index < -0.39 is 9.84 Å². The van der Waals surface area contributed by atoms with Crippen molar-refractivity contribution in [3.63, 3.8) is 0 Å². The Labute approximate surface area is 104 Å². The average Bonchev–Trinajstić information content (AvgIpc) is 2.29. The van der Waals surface area contributed by atoms with Gasteiger partial charge in [0.05, 0.1) is 5.75 Å². The predicted octanol–water partition coefficient (Wildman–Crippen LogP) is 2.16. The van der Waals surface area contributed by atoms with Crippen LogP contribution < -0.4 is 5.32 Å². The Morgan fingerprint density at radius 3 is 2.35 bits per heavy atom. The van der Waals surface area contributed by atoms with E-state index in [0.717, 1.165) is 12.1 Å². The highest BCUT2D eigenvalue weighted by atomic mass is 32.2. The lowest BCUT2D eigenvalue weighted by atomic mass is 10.1. The summed E-state index contributed by atoms with van der Waals surface area (Å²) in [5.74, 6) is 0.445. The van der Waals surface area contributed by atoms with Crippen molar-refractivity contribution in [2.45, 2.75) is 26.3 Å². The fourth-order valence-electron chi connectivity index (χ4n) is 1.85. The predicted molar refractivity (Wildman–Crippen MR) is 71.8 cm³/mol. The van der Waals surface area contributed by atoms with Gasteiger partial charge in [0.25, 0.3) is 0 Å². The summed E-state index contributed by atoms with van der Waals surface area (Å²) in [5, 5.41) is 3.23. The van der Waals surface area contributed by atoms with Crippen LogP contribution in [0.4, 0.5) is 0 Å². The van der Waals surface area contributed by atoms with Crippen molar-refractivity contribution in [1.82, 2.24) is 5.32 Å². The van der Waals surface area contributed by atoms with Gasteiger partial charge in [-0.05, 0) is 18.5 Å². The molecule has 0 radical (unpaired) electrons. The van der Waals surface area contributed by atoms with Crippen molar-refractivity contribution in [3.05, 3.63) is 35.9 Å². The molecule has 0 saturated carbocycles. The second-order valence-corrected chi connectivity index (χ2v) is 6.36. The third-order valence-electron chi connectivity index (χ3n) is 2.59. The van der Waals surface area contributed by atoms with Crippen molar-refractivity contribution < 1.29 is 8.42 Å². The van der Waals surface area contributed by atoms with E-state index in [1.807, 2.05) is 44.2 Å². The Morgan fingerprint density at radius 2 is 1.82 bits per heavy atom. The van der Waals surface area contributed by atoms with Gasteiger partial charge < -0.3 is 5.32 Å². The Bertz CT molecular complexity index is 414. The highest BCUT2D eigenvalue weighted by molar-refractivity contribution is 7.91. The van der Waals surface area contributed by atoms with Crippen LogP contribution in [0.5, 0.6) is 0 Å². The molecular formula is C13H21NO2S. The summed E-state index contributed by atoms with van der Waals surface area (Å²) < 4.78 is 23.7. The van der Waals surface area contributed by atoms with E-state index in [-0.39, 0.29) is 17.5 Å². The van der Waals surface area contributed by atoms with Gasteiger partial charge in [0.1, 0.15) is 0 Å². The molecule has 1 aromatic rings. The van der Waals surface area contributed by atoms with E-state index in [2.05, 4.69) is 5.32 Å². The van der Waals surface area contributed by atoms with Crippen molar-refractivity contribution in [2.24, 2.45) is 0 Å². The summed E-state index contributed by atoms with van der Waals surface area (Å²) >= 11 is 0. The smallest absolute Gasteiger partial charge is 0.152 e. The summed E-state index contributed by atoms with van der Waals surface area (Å²) in [6.07, 6.45) is 0.677. The number of rotatable bonds is 7. The molecule has 1 rings (SSSR count). The number of nitrogens with one attached hydrogen (secondary N) is 1. The molecule has 0 spiro atoms. The Balaban J connectivity index is 2.81. The molecule has 0 aromatic heterocycles. The van der Waals surface area contributed by atoms with Gasteiger partial charge in [0, 0.05) is 11.8 Å². The van der Waals surface area contributed by atoms with Gasteiger partial charge >= 0.3 is 0 Å². The fourth-order valence-corrected chi connectivity index (χ4v) is 3.46. The normalized spacial score (nSPS) is 13.5. The molecule has 1 atom stereocenters. The molecule has 0 amide bonds. The summed E-state index contributed by atoms with van der Waals surface area (Å²) in [7, 11) is -2.96. The van der Waals surface area contributed by atoms with Crippen molar-refractivity contribution >= 4 is 9.84 Å². The van der Waals surface area contributed by atoms with Crippen LogP contribution in [0.2, 0.25) is 0 Å². The van der Waals surface area contributed by atoms with Crippen LogP contribution in [-0.2, 0) is 9.84 Å². The van der Waals surface area contributed by atoms with Crippen LogP contribution in [0.25, 0.3) is 0 Å². The first-order chi connectivity index (χ1) is 8.09. The van der Waals surface area contributed by atoms with Gasteiger partial charge in [-0.25, -0.2) is 8.42 Å². The van der Waals surface area contributed by atoms with Gasteiger partial charge in [-0.15, -0.1) is 0 Å². The zero-order valence-corrected chi connectivity index (χ0v) is 11.3. The first kappa shape index (κ1) is 14.2. The lowest BCUT2D eigenvalue weighted by molar-refractivity contribution is 0.558. The van der Waals surface area contributed by atoms with E-state index in [1.165, 1.54) is 0 Å². The SMILES string of the molecule is CCCS(=O)(=O)CC(NCC)c1ccccc1. The Kier molecular flexibility index (Phi) is 5.65. The van der Waals surface area contributed by atoms with Crippen molar-refractivity contribution in [1.29, 1.82) is 0 Å². The fraction of sp³-hybridized carbons (Fsp3) is 0.538. The Hall–Kier alpha value is -0.870. The lowest BCUT2D eigenvalue weighted by Gasteiger charge is -2.18. The first-order valence-electron chi connectivity index (χ1n) is 6.07. The molecule has 0 aliphatic heterocycles. The molecule has 0 saturated heterocycles. The molecule has 17 heavy (non-hydrogen) atoms. The quantitative estimate of drug-likeness (QED) is 0.812. The van der Waals surface area contributed by atoms with Crippen LogP contribution in [-0.4, -0.2) is 26.5 Å². The minimum absolute atomic E-state index is 0.0993. The summed E-state index contributed by atoms with van der Waals surface area (Å²) in [6, 6.07) is 9.65. The number of hydrogen-bond acceptors (Lipinski definition) is 3. The molecule has 1 unspecified atom stereocenters. The third kappa shape index (κ3) is 4.88. The third-order valence-corrected chi connectivity index (χ3v) is 4.46. The first-order valence-corrected chi connectivity index (χ1v) is 7.90. The maximum Gasteiger partial charge on any atom is 0.152 e. The van der Waals surface area contributed by atoms with Gasteiger partial charge in [0.15, 0.2) is 9.84 Å². The minimum atomic E-state index is -2.96. The number of benzene rings is 1. The van der Waals surface area contributed by atoms with Crippen LogP contribution in [0.15, 0.2) is 30.3 Å². The monoisotopic (exact) mass is 255 g/mol. The topological polar surface area (TPSA) is 46.2 Å². The van der Waals surface area contributed by atoms with Gasteiger partial charge in [-0.3, -0.25) is 0 Å². The van der Waals surface area contributed by atoms with Crippen molar-refractivity contribution in [3.8, 4) is 0 Å². The lowest BCUT2D eigenvalue weighted by Crippen LogP contribution is -2.29. The van der Waals surface area contributed by atoms with Gasteiger partial charge in [0.2, 0.25) is 0 Å². The molecule has 0 aliphatic rings. The average molecular weight is 255 g/mol. The van der Waals surface area contributed by atoms with Gasteiger partial charge in [-0.1, -0.05) is 44.2 Å². The molecule has 4 heteroatoms. The maximum atomic E-state index is 11.8.